The van der Waals surface area contributed by atoms with Crippen LogP contribution in [0.15, 0.2) is 55.0 Å². The van der Waals surface area contributed by atoms with E-state index in [1.165, 1.54) is 0 Å². The van der Waals surface area contributed by atoms with Gasteiger partial charge < -0.3 is 20.6 Å². The third-order valence-corrected chi connectivity index (χ3v) is 5.59. The van der Waals surface area contributed by atoms with E-state index in [1.54, 1.807) is 24.7 Å². The van der Waals surface area contributed by atoms with Crippen LogP contribution in [0.3, 0.4) is 0 Å². The standard InChI is InChI=1S/C24H28N6O2/c1-16-6-7-19(13-26-16)24(32)28-20-5-3-4-18(12-20)17(2)27-22-14-25-15-23(29-22)30-10-8-21(31)9-11-30/h3-7,12-15,17,21,31H,8-11H2,1-2H3,(H,27,29)(H,28,32). The van der Waals surface area contributed by atoms with Gasteiger partial charge in [-0.15, -0.1) is 0 Å². The molecule has 0 saturated carbocycles. The minimum atomic E-state index is -0.226. The summed E-state index contributed by atoms with van der Waals surface area (Å²) in [6.07, 6.45) is 6.29. The number of aryl methyl sites for hydroxylation is 1. The lowest BCUT2D eigenvalue weighted by Gasteiger charge is -2.30. The molecular formula is C24H28N6O2. The first-order valence-electron chi connectivity index (χ1n) is 10.8. The number of aromatic nitrogens is 3. The Morgan fingerprint density at radius 3 is 2.72 bits per heavy atom. The molecule has 1 amide bonds. The highest BCUT2D eigenvalue weighted by atomic mass is 16.3. The molecule has 1 atom stereocenters. The van der Waals surface area contributed by atoms with Crippen molar-refractivity contribution < 1.29 is 9.90 Å². The number of hydrogen-bond donors (Lipinski definition) is 3. The topological polar surface area (TPSA) is 103 Å². The van der Waals surface area contributed by atoms with Crippen LogP contribution in [-0.2, 0) is 0 Å². The van der Waals surface area contributed by atoms with Crippen molar-refractivity contribution in [2.45, 2.75) is 38.8 Å². The maximum atomic E-state index is 12.5. The third kappa shape index (κ3) is 5.39. The quantitative estimate of drug-likeness (QED) is 0.547. The van der Waals surface area contributed by atoms with E-state index in [1.807, 2.05) is 44.2 Å². The Bertz CT molecular complexity index is 1060. The summed E-state index contributed by atoms with van der Waals surface area (Å²) < 4.78 is 0. The highest BCUT2D eigenvalue weighted by Gasteiger charge is 2.19. The van der Waals surface area contributed by atoms with E-state index in [0.717, 1.165) is 43.0 Å². The lowest BCUT2D eigenvalue weighted by Crippen LogP contribution is -2.36. The number of carbonyl (C=O) groups excluding carboxylic acids is 1. The lowest BCUT2D eigenvalue weighted by atomic mass is 10.1. The van der Waals surface area contributed by atoms with Crippen LogP contribution in [0.5, 0.6) is 0 Å². The summed E-state index contributed by atoms with van der Waals surface area (Å²) in [5, 5.41) is 16.0. The van der Waals surface area contributed by atoms with Crippen molar-refractivity contribution in [1.82, 2.24) is 15.0 Å². The molecule has 4 rings (SSSR count). The van der Waals surface area contributed by atoms with E-state index in [4.69, 9.17) is 4.98 Å². The number of amides is 1. The monoisotopic (exact) mass is 432 g/mol. The molecule has 32 heavy (non-hydrogen) atoms. The summed E-state index contributed by atoms with van der Waals surface area (Å²) in [7, 11) is 0. The number of aliphatic hydroxyl groups excluding tert-OH is 1. The maximum absolute atomic E-state index is 12.5. The van der Waals surface area contributed by atoms with Gasteiger partial charge in [0.15, 0.2) is 0 Å². The number of aliphatic hydroxyl groups is 1. The first kappa shape index (κ1) is 21.7. The van der Waals surface area contributed by atoms with Gasteiger partial charge in [0.25, 0.3) is 5.91 Å². The molecule has 0 bridgehead atoms. The van der Waals surface area contributed by atoms with E-state index in [0.29, 0.717) is 17.1 Å². The van der Waals surface area contributed by atoms with E-state index in [9.17, 15) is 9.90 Å². The van der Waals surface area contributed by atoms with Crippen molar-refractivity contribution in [3.05, 3.63) is 71.8 Å². The maximum Gasteiger partial charge on any atom is 0.257 e. The molecule has 166 valence electrons. The van der Waals surface area contributed by atoms with Gasteiger partial charge in [0.1, 0.15) is 11.6 Å². The van der Waals surface area contributed by atoms with Gasteiger partial charge in [0, 0.05) is 30.7 Å². The Morgan fingerprint density at radius 2 is 1.97 bits per heavy atom. The van der Waals surface area contributed by atoms with Crippen LogP contribution < -0.4 is 15.5 Å². The van der Waals surface area contributed by atoms with Crippen molar-refractivity contribution in [2.75, 3.05) is 28.6 Å². The minimum absolute atomic E-state index is 0.0411. The fourth-order valence-electron chi connectivity index (χ4n) is 3.67. The number of carbonyl (C=O) groups is 1. The molecule has 1 saturated heterocycles. The molecule has 0 spiro atoms. The number of nitrogens with zero attached hydrogens (tertiary/aromatic N) is 4. The zero-order valence-corrected chi connectivity index (χ0v) is 18.3. The van der Waals surface area contributed by atoms with Crippen molar-refractivity contribution in [1.29, 1.82) is 0 Å². The van der Waals surface area contributed by atoms with Gasteiger partial charge in [-0.25, -0.2) is 4.98 Å². The predicted molar refractivity (Wildman–Crippen MR) is 125 cm³/mol. The van der Waals surface area contributed by atoms with Gasteiger partial charge in [-0.1, -0.05) is 12.1 Å². The highest BCUT2D eigenvalue weighted by Crippen LogP contribution is 2.23. The molecule has 1 aliphatic heterocycles. The molecular weight excluding hydrogens is 404 g/mol. The van der Waals surface area contributed by atoms with E-state index >= 15 is 0 Å². The molecule has 8 heteroatoms. The van der Waals surface area contributed by atoms with Crippen LogP contribution in [-0.4, -0.2) is 45.2 Å². The lowest BCUT2D eigenvalue weighted by molar-refractivity contribution is 0.102. The SMILES string of the molecule is Cc1ccc(C(=O)Nc2cccc(C(C)Nc3cncc(N4CCC(O)CC4)n3)c2)cn1. The normalized spacial score (nSPS) is 15.3. The number of anilines is 3. The Balaban J connectivity index is 1.41. The minimum Gasteiger partial charge on any atom is -0.393 e. The second kappa shape index (κ2) is 9.74. The van der Waals surface area contributed by atoms with Gasteiger partial charge in [-0.05, 0) is 56.5 Å². The van der Waals surface area contributed by atoms with Crippen molar-refractivity contribution in [2.24, 2.45) is 0 Å². The molecule has 2 aromatic heterocycles. The molecule has 1 aliphatic rings. The molecule has 3 N–H and O–H groups in total. The summed E-state index contributed by atoms with van der Waals surface area (Å²) in [5.74, 6) is 1.29. The number of piperidine rings is 1. The Kier molecular flexibility index (Phi) is 6.61. The zero-order valence-electron chi connectivity index (χ0n) is 18.3. The van der Waals surface area contributed by atoms with Gasteiger partial charge >= 0.3 is 0 Å². The van der Waals surface area contributed by atoms with Crippen LogP contribution in [0.4, 0.5) is 17.3 Å². The number of hydrogen-bond acceptors (Lipinski definition) is 7. The molecule has 0 aliphatic carbocycles. The van der Waals surface area contributed by atoms with Gasteiger partial charge in [-0.2, -0.15) is 0 Å². The van der Waals surface area contributed by atoms with E-state index < -0.39 is 0 Å². The summed E-state index contributed by atoms with van der Waals surface area (Å²) >= 11 is 0. The summed E-state index contributed by atoms with van der Waals surface area (Å²) in [6, 6.07) is 11.3. The molecule has 8 nitrogen and oxygen atoms in total. The number of pyridine rings is 1. The smallest absolute Gasteiger partial charge is 0.257 e. The zero-order chi connectivity index (χ0) is 22.5. The number of nitrogens with one attached hydrogen (secondary N) is 2. The van der Waals surface area contributed by atoms with E-state index in [2.05, 4.69) is 25.5 Å². The largest absolute Gasteiger partial charge is 0.393 e. The summed E-state index contributed by atoms with van der Waals surface area (Å²) in [4.78, 5) is 27.9. The van der Waals surface area contributed by atoms with Gasteiger partial charge in [0.05, 0.1) is 30.1 Å². The van der Waals surface area contributed by atoms with Crippen LogP contribution in [0, 0.1) is 6.92 Å². The molecule has 3 aromatic rings. The van der Waals surface area contributed by atoms with E-state index in [-0.39, 0.29) is 18.1 Å². The Morgan fingerprint density at radius 1 is 1.16 bits per heavy atom. The number of rotatable bonds is 6. The second-order valence-electron chi connectivity index (χ2n) is 8.11. The van der Waals surface area contributed by atoms with Crippen molar-refractivity contribution >= 4 is 23.2 Å². The fraction of sp³-hybridized carbons (Fsp3) is 0.333. The Hall–Kier alpha value is -3.52. The first-order chi connectivity index (χ1) is 15.5. The second-order valence-corrected chi connectivity index (χ2v) is 8.11. The number of benzene rings is 1. The van der Waals surface area contributed by atoms with Crippen LogP contribution in [0.25, 0.3) is 0 Å². The van der Waals surface area contributed by atoms with Gasteiger partial charge in [-0.3, -0.25) is 14.8 Å². The van der Waals surface area contributed by atoms with Gasteiger partial charge in [0.2, 0.25) is 0 Å². The predicted octanol–water partition coefficient (Wildman–Crippen LogP) is 3.57. The molecule has 0 radical (unpaired) electrons. The molecule has 1 unspecified atom stereocenters. The summed E-state index contributed by atoms with van der Waals surface area (Å²) in [6.45, 7) is 5.47. The van der Waals surface area contributed by atoms with Crippen LogP contribution in [0.1, 0.15) is 47.4 Å². The average molecular weight is 433 g/mol. The van der Waals surface area contributed by atoms with Crippen molar-refractivity contribution in [3.63, 3.8) is 0 Å². The molecule has 1 fully saturated rings. The first-order valence-corrected chi connectivity index (χ1v) is 10.8. The average Bonchev–Trinajstić information content (AvgIpc) is 2.80. The third-order valence-electron chi connectivity index (χ3n) is 5.59. The fourth-order valence-corrected chi connectivity index (χ4v) is 3.67. The van der Waals surface area contributed by atoms with Crippen LogP contribution in [0.2, 0.25) is 0 Å². The molecule has 1 aromatic carbocycles. The Labute approximate surface area is 187 Å². The van der Waals surface area contributed by atoms with Crippen LogP contribution >= 0.6 is 0 Å². The summed E-state index contributed by atoms with van der Waals surface area (Å²) in [5.41, 5.74) is 3.12. The molecule has 3 heterocycles. The van der Waals surface area contributed by atoms with Crippen molar-refractivity contribution in [3.8, 4) is 0 Å². The highest BCUT2D eigenvalue weighted by molar-refractivity contribution is 6.04.